The van der Waals surface area contributed by atoms with Crippen LogP contribution in [0.1, 0.15) is 53.6 Å². The van der Waals surface area contributed by atoms with Gasteiger partial charge in [0.1, 0.15) is 5.75 Å². The highest BCUT2D eigenvalue weighted by Crippen LogP contribution is 2.48. The first-order valence-electron chi connectivity index (χ1n) is 12.8. The van der Waals surface area contributed by atoms with Crippen molar-refractivity contribution in [2.45, 2.75) is 58.9 Å². The summed E-state index contributed by atoms with van der Waals surface area (Å²) in [6.45, 7) is 11.6. The molecule has 2 atom stereocenters. The Kier molecular flexibility index (Phi) is 8.62. The molecule has 4 aromatic rings. The molecule has 0 aromatic heterocycles. The Labute approximate surface area is 218 Å². The summed E-state index contributed by atoms with van der Waals surface area (Å²) in [5, 5.41) is 12.1. The van der Waals surface area contributed by atoms with Gasteiger partial charge in [0.2, 0.25) is 0 Å². The summed E-state index contributed by atoms with van der Waals surface area (Å²) in [6, 6.07) is 34.2. The number of hydrogen-bond donors (Lipinski definition) is 1. The van der Waals surface area contributed by atoms with Gasteiger partial charge in [-0.3, -0.25) is 4.90 Å². The zero-order valence-corrected chi connectivity index (χ0v) is 23.0. The average Bonchev–Trinajstić information content (AvgIpc) is 2.88. The van der Waals surface area contributed by atoms with Gasteiger partial charge in [-0.05, 0) is 53.9 Å². The van der Waals surface area contributed by atoms with Crippen molar-refractivity contribution >= 4 is 13.9 Å². The number of aromatic hydroxyl groups is 1. The Morgan fingerprint density at radius 1 is 0.750 bits per heavy atom. The first-order valence-corrected chi connectivity index (χ1v) is 13.8. The Bertz CT molecular complexity index is 1230. The Morgan fingerprint density at radius 3 is 1.94 bits per heavy atom. The molecular weight excluding hydrogens is 457 g/mol. The van der Waals surface area contributed by atoms with Crippen LogP contribution in [-0.2, 0) is 24.8 Å². The summed E-state index contributed by atoms with van der Waals surface area (Å²) < 4.78 is 0. The molecular formula is C33H38NOP. The van der Waals surface area contributed by atoms with E-state index in [1.807, 2.05) is 12.1 Å². The molecule has 4 rings (SSSR count). The van der Waals surface area contributed by atoms with Crippen molar-refractivity contribution in [3.63, 3.8) is 0 Å². The van der Waals surface area contributed by atoms with Gasteiger partial charge in [-0.1, -0.05) is 119 Å². The van der Waals surface area contributed by atoms with Crippen molar-refractivity contribution < 1.29 is 5.11 Å². The van der Waals surface area contributed by atoms with Gasteiger partial charge < -0.3 is 5.11 Å². The molecule has 4 aromatic carbocycles. The number of phenolic OH excluding ortho intramolecular Hbond substituents is 1. The van der Waals surface area contributed by atoms with Crippen LogP contribution in [0.25, 0.3) is 0 Å². The van der Waals surface area contributed by atoms with Crippen LogP contribution in [0.5, 0.6) is 5.75 Å². The van der Waals surface area contributed by atoms with Crippen molar-refractivity contribution in [3.8, 4) is 5.75 Å². The molecule has 0 amide bonds. The third kappa shape index (κ3) is 6.44. The van der Waals surface area contributed by atoms with Crippen LogP contribution in [0.3, 0.4) is 0 Å². The normalized spacial score (nSPS) is 13.4. The number of hydrogen-bond acceptors (Lipinski definition) is 2. The number of nitrogens with zero attached hydrogens (tertiary/aromatic N) is 1. The molecule has 0 aliphatic heterocycles. The van der Waals surface area contributed by atoms with E-state index in [9.17, 15) is 5.11 Å². The van der Waals surface area contributed by atoms with Gasteiger partial charge in [-0.15, -0.1) is 0 Å². The highest BCUT2D eigenvalue weighted by molar-refractivity contribution is 7.48. The monoisotopic (exact) mass is 495 g/mol. The van der Waals surface area contributed by atoms with Crippen LogP contribution < -0.4 is 5.30 Å². The SMILES string of the molecule is CCC(C)(Pc1c(C)cccc1CN(Cc1ccccc1)Cc1ccccc1)c1cc(C)ccc1O. The van der Waals surface area contributed by atoms with Gasteiger partial charge in [0.05, 0.1) is 0 Å². The van der Waals surface area contributed by atoms with Gasteiger partial charge in [0.15, 0.2) is 0 Å². The first kappa shape index (κ1) is 26.1. The van der Waals surface area contributed by atoms with Crippen molar-refractivity contribution in [2.24, 2.45) is 0 Å². The molecule has 0 fully saturated rings. The molecule has 0 aliphatic rings. The van der Waals surface area contributed by atoms with Crippen LogP contribution in [-0.4, -0.2) is 10.0 Å². The zero-order valence-electron chi connectivity index (χ0n) is 22.0. The van der Waals surface area contributed by atoms with E-state index in [4.69, 9.17) is 0 Å². The minimum absolute atomic E-state index is 0.124. The van der Waals surface area contributed by atoms with Crippen LogP contribution in [0, 0.1) is 13.8 Å². The molecule has 2 unspecified atom stereocenters. The maximum absolute atomic E-state index is 10.8. The van der Waals surface area contributed by atoms with Crippen LogP contribution in [0.15, 0.2) is 97.1 Å². The molecule has 186 valence electrons. The summed E-state index contributed by atoms with van der Waals surface area (Å²) in [5.41, 5.74) is 7.61. The van der Waals surface area contributed by atoms with Gasteiger partial charge in [0, 0.05) is 30.4 Å². The predicted molar refractivity (Wildman–Crippen MR) is 155 cm³/mol. The summed E-state index contributed by atoms with van der Waals surface area (Å²) in [4.78, 5) is 2.54. The van der Waals surface area contributed by atoms with E-state index in [0.29, 0.717) is 14.3 Å². The molecule has 36 heavy (non-hydrogen) atoms. The zero-order chi connectivity index (χ0) is 25.5. The van der Waals surface area contributed by atoms with Crippen LogP contribution in [0.2, 0.25) is 0 Å². The summed E-state index contributed by atoms with van der Waals surface area (Å²) in [6.07, 6.45) is 0.966. The van der Waals surface area contributed by atoms with Crippen molar-refractivity contribution in [1.29, 1.82) is 0 Å². The van der Waals surface area contributed by atoms with Gasteiger partial charge in [0.25, 0.3) is 0 Å². The molecule has 3 heteroatoms. The third-order valence-corrected chi connectivity index (χ3v) is 9.25. The molecule has 0 saturated heterocycles. The van der Waals surface area contributed by atoms with Crippen molar-refractivity contribution in [1.82, 2.24) is 4.90 Å². The number of rotatable bonds is 10. The van der Waals surface area contributed by atoms with Crippen LogP contribution >= 0.6 is 8.58 Å². The van der Waals surface area contributed by atoms with E-state index in [1.165, 1.54) is 33.1 Å². The molecule has 0 spiro atoms. The van der Waals surface area contributed by atoms with E-state index in [-0.39, 0.29) is 5.16 Å². The van der Waals surface area contributed by atoms with E-state index in [0.717, 1.165) is 31.6 Å². The number of phenols is 1. The molecule has 2 nitrogen and oxygen atoms in total. The maximum Gasteiger partial charge on any atom is 0.119 e. The smallest absolute Gasteiger partial charge is 0.119 e. The predicted octanol–water partition coefficient (Wildman–Crippen LogP) is 7.84. The third-order valence-electron chi connectivity index (χ3n) is 7.11. The summed E-state index contributed by atoms with van der Waals surface area (Å²) >= 11 is 0. The highest BCUT2D eigenvalue weighted by atomic mass is 31.1. The quantitative estimate of drug-likeness (QED) is 0.227. The molecule has 0 heterocycles. The Hall–Kier alpha value is -2.93. The second kappa shape index (κ2) is 11.9. The van der Waals surface area contributed by atoms with Gasteiger partial charge in [-0.25, -0.2) is 0 Å². The molecule has 1 N–H and O–H groups in total. The molecule has 0 saturated carbocycles. The van der Waals surface area contributed by atoms with E-state index < -0.39 is 0 Å². The lowest BCUT2D eigenvalue weighted by molar-refractivity contribution is 0.248. The minimum atomic E-state index is -0.124. The lowest BCUT2D eigenvalue weighted by Gasteiger charge is -2.33. The fraction of sp³-hybridized carbons (Fsp3) is 0.273. The number of benzene rings is 4. The first-order chi connectivity index (χ1) is 17.4. The number of aryl methyl sites for hydroxylation is 2. The van der Waals surface area contributed by atoms with Gasteiger partial charge >= 0.3 is 0 Å². The minimum Gasteiger partial charge on any atom is -0.508 e. The van der Waals surface area contributed by atoms with Gasteiger partial charge in [-0.2, -0.15) is 0 Å². The fourth-order valence-corrected chi connectivity index (χ4v) is 6.51. The largest absolute Gasteiger partial charge is 0.508 e. The van der Waals surface area contributed by atoms with Crippen LogP contribution in [0.4, 0.5) is 0 Å². The van der Waals surface area contributed by atoms with Crippen molar-refractivity contribution in [3.05, 3.63) is 130 Å². The average molecular weight is 496 g/mol. The molecule has 0 aliphatic carbocycles. The van der Waals surface area contributed by atoms with E-state index in [1.54, 1.807) is 0 Å². The molecule has 0 radical (unpaired) electrons. The fourth-order valence-electron chi connectivity index (χ4n) is 4.84. The lowest BCUT2D eigenvalue weighted by Crippen LogP contribution is -2.27. The lowest BCUT2D eigenvalue weighted by atomic mass is 9.95. The summed E-state index contributed by atoms with van der Waals surface area (Å²) in [7, 11) is 0.565. The van der Waals surface area contributed by atoms with E-state index >= 15 is 0 Å². The standard InChI is InChI=1S/C33H38NOP/c1-5-33(4,30-21-25(2)19-20-31(30)35)36-32-26(3)13-12-18-29(32)24-34(22-27-14-8-6-9-15-27)23-28-16-10-7-11-17-28/h6-21,35-36H,5,22-24H2,1-4H3. The Balaban J connectivity index is 1.67. The van der Waals surface area contributed by atoms with Crippen molar-refractivity contribution in [2.75, 3.05) is 0 Å². The topological polar surface area (TPSA) is 23.5 Å². The Morgan fingerprint density at radius 2 is 1.36 bits per heavy atom. The highest BCUT2D eigenvalue weighted by Gasteiger charge is 2.30. The molecule has 0 bridgehead atoms. The maximum atomic E-state index is 10.8. The summed E-state index contributed by atoms with van der Waals surface area (Å²) in [5.74, 6) is 0.405. The second-order valence-electron chi connectivity index (χ2n) is 10.1. The van der Waals surface area contributed by atoms with E-state index in [2.05, 4.69) is 118 Å². The second-order valence-corrected chi connectivity index (χ2v) is 11.9.